The Hall–Kier alpha value is -1.50. The largest absolute Gasteiger partial charge is 0.375 e. The smallest absolute Gasteiger partial charge is 0.0634 e. The van der Waals surface area contributed by atoms with Crippen molar-refractivity contribution >= 4 is 5.69 Å². The van der Waals surface area contributed by atoms with Gasteiger partial charge in [0.1, 0.15) is 0 Å². The molecule has 14 heavy (non-hydrogen) atoms. The van der Waals surface area contributed by atoms with Crippen molar-refractivity contribution in [2.24, 2.45) is 0 Å². The summed E-state index contributed by atoms with van der Waals surface area (Å²) in [6.07, 6.45) is 11.0. The van der Waals surface area contributed by atoms with Gasteiger partial charge in [0.05, 0.1) is 5.54 Å². The van der Waals surface area contributed by atoms with Gasteiger partial charge in [0, 0.05) is 12.1 Å². The van der Waals surface area contributed by atoms with E-state index in [0.29, 0.717) is 0 Å². The summed E-state index contributed by atoms with van der Waals surface area (Å²) in [5.74, 6) is 0. The average molecular weight is 183 g/mol. The van der Waals surface area contributed by atoms with Gasteiger partial charge >= 0.3 is 0 Å². The highest BCUT2D eigenvalue weighted by Gasteiger charge is 2.33. The number of fused-ring (bicyclic) bond motifs is 1. The standard InChI is InChI=1S/C13H13N/c1-4-8-13(9-5-1)10-11-6-2-3-7-12(11)14-13/h1-8,14H,9-10H2. The summed E-state index contributed by atoms with van der Waals surface area (Å²) in [5, 5.41) is 3.61. The minimum absolute atomic E-state index is 0.165. The van der Waals surface area contributed by atoms with Crippen molar-refractivity contribution in [3.05, 3.63) is 54.1 Å². The molecule has 0 saturated carbocycles. The van der Waals surface area contributed by atoms with E-state index in [4.69, 9.17) is 0 Å². The molecule has 1 aromatic carbocycles. The van der Waals surface area contributed by atoms with E-state index in [1.807, 2.05) is 0 Å². The van der Waals surface area contributed by atoms with Gasteiger partial charge in [-0.15, -0.1) is 0 Å². The third-order valence-corrected chi connectivity index (χ3v) is 3.05. The molecule has 1 heterocycles. The zero-order chi connectivity index (χ0) is 9.43. The van der Waals surface area contributed by atoms with Gasteiger partial charge in [0.2, 0.25) is 0 Å². The maximum absolute atomic E-state index is 3.61. The van der Waals surface area contributed by atoms with E-state index in [1.54, 1.807) is 0 Å². The summed E-state index contributed by atoms with van der Waals surface area (Å²) in [7, 11) is 0. The van der Waals surface area contributed by atoms with Crippen molar-refractivity contribution in [3.63, 3.8) is 0 Å². The lowest BCUT2D eigenvalue weighted by atomic mass is 9.88. The zero-order valence-electron chi connectivity index (χ0n) is 8.03. The Morgan fingerprint density at radius 1 is 1.14 bits per heavy atom. The Morgan fingerprint density at radius 3 is 2.86 bits per heavy atom. The Labute approximate surface area is 84.1 Å². The van der Waals surface area contributed by atoms with Gasteiger partial charge in [-0.05, 0) is 18.1 Å². The first-order valence-electron chi connectivity index (χ1n) is 5.08. The molecule has 0 radical (unpaired) electrons. The van der Waals surface area contributed by atoms with Crippen LogP contribution < -0.4 is 5.32 Å². The van der Waals surface area contributed by atoms with E-state index in [1.165, 1.54) is 11.3 Å². The summed E-state index contributed by atoms with van der Waals surface area (Å²) in [4.78, 5) is 0. The summed E-state index contributed by atoms with van der Waals surface area (Å²) in [6, 6.07) is 8.58. The van der Waals surface area contributed by atoms with Crippen LogP contribution in [-0.4, -0.2) is 5.54 Å². The SMILES string of the molecule is C1=CCC2(C=C1)Cc1ccccc1N2. The molecule has 1 aliphatic carbocycles. The number of rotatable bonds is 0. The number of para-hydroxylation sites is 1. The minimum Gasteiger partial charge on any atom is -0.375 e. The van der Waals surface area contributed by atoms with Crippen molar-refractivity contribution < 1.29 is 0 Å². The second-order valence-electron chi connectivity index (χ2n) is 4.11. The Bertz CT molecular complexity index is 390. The Kier molecular flexibility index (Phi) is 1.54. The van der Waals surface area contributed by atoms with E-state index >= 15 is 0 Å². The van der Waals surface area contributed by atoms with Crippen LogP contribution in [0.5, 0.6) is 0 Å². The van der Waals surface area contributed by atoms with Crippen LogP contribution >= 0.6 is 0 Å². The molecule has 1 nitrogen and oxygen atoms in total. The molecule has 0 amide bonds. The highest BCUT2D eigenvalue weighted by molar-refractivity contribution is 5.61. The van der Waals surface area contributed by atoms with E-state index in [-0.39, 0.29) is 5.54 Å². The minimum atomic E-state index is 0.165. The third kappa shape index (κ3) is 1.09. The summed E-state index contributed by atoms with van der Waals surface area (Å²) in [5.41, 5.74) is 2.90. The maximum Gasteiger partial charge on any atom is 0.0634 e. The third-order valence-electron chi connectivity index (χ3n) is 3.05. The number of hydrogen-bond donors (Lipinski definition) is 1. The predicted molar refractivity (Wildman–Crippen MR) is 59.4 cm³/mol. The molecule has 1 aliphatic heterocycles. The van der Waals surface area contributed by atoms with E-state index in [2.05, 4.69) is 53.9 Å². The second kappa shape index (κ2) is 2.74. The monoisotopic (exact) mass is 183 g/mol. The van der Waals surface area contributed by atoms with Crippen LogP contribution in [0.4, 0.5) is 5.69 Å². The van der Waals surface area contributed by atoms with E-state index < -0.39 is 0 Å². The first kappa shape index (κ1) is 7.86. The highest BCUT2D eigenvalue weighted by atomic mass is 15.0. The fourth-order valence-corrected chi connectivity index (χ4v) is 2.34. The number of allylic oxidation sites excluding steroid dienone is 2. The molecule has 0 fully saturated rings. The van der Waals surface area contributed by atoms with E-state index in [9.17, 15) is 0 Å². The lowest BCUT2D eigenvalue weighted by molar-refractivity contribution is 0.602. The lowest BCUT2D eigenvalue weighted by Gasteiger charge is -2.26. The molecule has 1 N–H and O–H groups in total. The molecule has 1 heteroatoms. The van der Waals surface area contributed by atoms with Crippen molar-refractivity contribution in [2.75, 3.05) is 5.32 Å². The first-order chi connectivity index (χ1) is 6.88. The predicted octanol–water partition coefficient (Wildman–Crippen LogP) is 2.91. The van der Waals surface area contributed by atoms with Gasteiger partial charge in [-0.1, -0.05) is 42.5 Å². The molecule has 1 unspecified atom stereocenters. The molecule has 1 atom stereocenters. The van der Waals surface area contributed by atoms with Crippen molar-refractivity contribution in [3.8, 4) is 0 Å². The maximum atomic E-state index is 3.61. The van der Waals surface area contributed by atoms with Crippen molar-refractivity contribution in [2.45, 2.75) is 18.4 Å². The summed E-state index contributed by atoms with van der Waals surface area (Å²) < 4.78 is 0. The second-order valence-corrected chi connectivity index (χ2v) is 4.11. The van der Waals surface area contributed by atoms with Crippen LogP contribution in [0.15, 0.2) is 48.6 Å². The first-order valence-corrected chi connectivity index (χ1v) is 5.08. The lowest BCUT2D eigenvalue weighted by Crippen LogP contribution is -2.33. The molecule has 3 rings (SSSR count). The van der Waals surface area contributed by atoms with Crippen molar-refractivity contribution in [1.29, 1.82) is 0 Å². The number of hydrogen-bond acceptors (Lipinski definition) is 1. The zero-order valence-corrected chi connectivity index (χ0v) is 8.03. The Balaban J connectivity index is 1.98. The van der Waals surface area contributed by atoms with Gasteiger partial charge in [0.25, 0.3) is 0 Å². The van der Waals surface area contributed by atoms with Crippen LogP contribution in [0.25, 0.3) is 0 Å². The molecular formula is C13H13N. The van der Waals surface area contributed by atoms with E-state index in [0.717, 1.165) is 12.8 Å². The van der Waals surface area contributed by atoms with Gasteiger partial charge in [-0.2, -0.15) is 0 Å². The number of benzene rings is 1. The number of anilines is 1. The van der Waals surface area contributed by atoms with Crippen LogP contribution in [-0.2, 0) is 6.42 Å². The molecular weight excluding hydrogens is 170 g/mol. The van der Waals surface area contributed by atoms with Gasteiger partial charge in [0.15, 0.2) is 0 Å². The molecule has 1 aromatic rings. The van der Waals surface area contributed by atoms with Gasteiger partial charge in [-0.3, -0.25) is 0 Å². The van der Waals surface area contributed by atoms with Gasteiger partial charge < -0.3 is 5.32 Å². The summed E-state index contributed by atoms with van der Waals surface area (Å²) in [6.45, 7) is 0. The molecule has 0 bridgehead atoms. The topological polar surface area (TPSA) is 12.0 Å². The molecule has 2 aliphatic rings. The van der Waals surface area contributed by atoms with Crippen LogP contribution in [0.2, 0.25) is 0 Å². The average Bonchev–Trinajstić information content (AvgIpc) is 2.56. The fraction of sp³-hybridized carbons (Fsp3) is 0.231. The highest BCUT2D eigenvalue weighted by Crippen LogP contribution is 2.36. The molecule has 1 spiro atoms. The normalized spacial score (nSPS) is 27.7. The number of nitrogens with one attached hydrogen (secondary N) is 1. The van der Waals surface area contributed by atoms with Crippen molar-refractivity contribution in [1.82, 2.24) is 0 Å². The Morgan fingerprint density at radius 2 is 2.07 bits per heavy atom. The van der Waals surface area contributed by atoms with Crippen LogP contribution in [0.1, 0.15) is 12.0 Å². The van der Waals surface area contributed by atoms with Crippen LogP contribution in [0.3, 0.4) is 0 Å². The molecule has 70 valence electrons. The fourth-order valence-electron chi connectivity index (χ4n) is 2.34. The summed E-state index contributed by atoms with van der Waals surface area (Å²) >= 11 is 0. The molecule has 0 saturated heterocycles. The van der Waals surface area contributed by atoms with Crippen LogP contribution in [0, 0.1) is 0 Å². The quantitative estimate of drug-likeness (QED) is 0.652. The van der Waals surface area contributed by atoms with Gasteiger partial charge in [-0.25, -0.2) is 0 Å². The molecule has 0 aromatic heterocycles.